The van der Waals surface area contributed by atoms with Crippen LogP contribution in [0.1, 0.15) is 24.2 Å². The summed E-state index contributed by atoms with van der Waals surface area (Å²) in [5.41, 5.74) is 1.31. The van der Waals surface area contributed by atoms with Crippen LogP contribution >= 0.6 is 23.2 Å². The number of rotatable bonds is 3. The highest BCUT2D eigenvalue weighted by Crippen LogP contribution is 2.77. The minimum atomic E-state index is -0.990. The van der Waals surface area contributed by atoms with E-state index in [1.54, 1.807) is 0 Å². The van der Waals surface area contributed by atoms with Gasteiger partial charge in [0.05, 0.1) is 5.92 Å². The molecule has 0 saturated heterocycles. The molecule has 4 rings (SSSR count). The number of benzene rings is 2. The molecule has 22 heavy (non-hydrogen) atoms. The number of alkyl halides is 2. The molecule has 4 heteroatoms. The molecule has 1 aliphatic carbocycles. The molecule has 1 fully saturated rings. The molecule has 0 unspecified atom stereocenters. The number of hydrogen-bond acceptors (Lipinski definition) is 2. The van der Waals surface area contributed by atoms with Gasteiger partial charge in [0.1, 0.15) is 17.5 Å². The molecule has 0 N–H and O–H groups in total. The van der Waals surface area contributed by atoms with E-state index in [-0.39, 0.29) is 12.0 Å². The van der Waals surface area contributed by atoms with E-state index in [9.17, 15) is 0 Å². The Hall–Kier alpha value is -1.22. The monoisotopic (exact) mass is 334 g/mol. The van der Waals surface area contributed by atoms with Gasteiger partial charge in [0, 0.05) is 12.2 Å². The largest absolute Gasteiger partial charge is 0.485 e. The summed E-state index contributed by atoms with van der Waals surface area (Å²) in [7, 11) is 0. The lowest BCUT2D eigenvalue weighted by molar-refractivity contribution is -0.0118. The number of ether oxygens (including phenoxy) is 2. The molecule has 1 aliphatic heterocycles. The van der Waals surface area contributed by atoms with Gasteiger partial charge in [-0.3, -0.25) is 0 Å². The Morgan fingerprint density at radius 3 is 2.45 bits per heavy atom. The van der Waals surface area contributed by atoms with Crippen LogP contribution < -0.4 is 4.74 Å². The summed E-state index contributed by atoms with van der Waals surface area (Å²) in [6.45, 7) is 2.51. The standard InChI is InChI=1S/C18H16Cl2O2/c1-2-21-17-13-10-6-7-11-14(13)22-15(16(17)18(17,19)20)12-8-4-3-5-9-12/h3-11,15-16H,2H2,1H3/t15-,16+,17+/m1/s1. The van der Waals surface area contributed by atoms with Gasteiger partial charge < -0.3 is 9.47 Å². The average molecular weight is 335 g/mol. The van der Waals surface area contributed by atoms with Crippen molar-refractivity contribution in [2.24, 2.45) is 5.92 Å². The first-order chi connectivity index (χ1) is 10.6. The van der Waals surface area contributed by atoms with Crippen molar-refractivity contribution in [3.8, 4) is 5.75 Å². The SMILES string of the molecule is CCO[C@@]12c3ccccc3O[C@H](c3ccccc3)[C@@H]1C2(Cl)Cl. The van der Waals surface area contributed by atoms with Crippen LogP contribution in [-0.4, -0.2) is 10.9 Å². The summed E-state index contributed by atoms with van der Waals surface area (Å²) >= 11 is 13.4. The minimum Gasteiger partial charge on any atom is -0.485 e. The molecule has 114 valence electrons. The van der Waals surface area contributed by atoms with Crippen LogP contribution in [0.25, 0.3) is 0 Å². The minimum absolute atomic E-state index is 0.124. The van der Waals surface area contributed by atoms with Gasteiger partial charge in [-0.15, -0.1) is 0 Å². The lowest BCUT2D eigenvalue weighted by Crippen LogP contribution is -2.27. The molecule has 0 spiro atoms. The third-order valence-corrected chi connectivity index (χ3v) is 5.62. The Bertz CT molecular complexity index is 701. The van der Waals surface area contributed by atoms with Crippen LogP contribution in [-0.2, 0) is 10.3 Å². The lowest BCUT2D eigenvalue weighted by atomic mass is 9.95. The van der Waals surface area contributed by atoms with E-state index in [4.69, 9.17) is 32.7 Å². The summed E-state index contributed by atoms with van der Waals surface area (Å²) in [5, 5.41) is 0. The zero-order chi connectivity index (χ0) is 15.4. The lowest BCUT2D eigenvalue weighted by Gasteiger charge is -2.31. The normalized spacial score (nSPS) is 30.9. The predicted molar refractivity (Wildman–Crippen MR) is 87.5 cm³/mol. The fraction of sp³-hybridized carbons (Fsp3) is 0.333. The zero-order valence-corrected chi connectivity index (χ0v) is 13.6. The van der Waals surface area contributed by atoms with Gasteiger partial charge in [-0.1, -0.05) is 71.7 Å². The molecule has 2 aromatic carbocycles. The van der Waals surface area contributed by atoms with E-state index in [2.05, 4.69) is 0 Å². The second-order valence-electron chi connectivity index (χ2n) is 5.71. The van der Waals surface area contributed by atoms with Crippen molar-refractivity contribution in [1.82, 2.24) is 0 Å². The first-order valence-corrected chi connectivity index (χ1v) is 8.21. The quantitative estimate of drug-likeness (QED) is 0.746. The average Bonchev–Trinajstić information content (AvgIpc) is 3.05. The van der Waals surface area contributed by atoms with E-state index in [1.165, 1.54) is 0 Å². The molecular weight excluding hydrogens is 319 g/mol. The number of hydrogen-bond donors (Lipinski definition) is 0. The van der Waals surface area contributed by atoms with Crippen molar-refractivity contribution >= 4 is 23.2 Å². The van der Waals surface area contributed by atoms with E-state index in [1.807, 2.05) is 61.5 Å². The maximum Gasteiger partial charge on any atom is 0.161 e. The van der Waals surface area contributed by atoms with E-state index in [0.717, 1.165) is 16.9 Å². The highest BCUT2D eigenvalue weighted by Gasteiger charge is 2.83. The fourth-order valence-electron chi connectivity index (χ4n) is 3.63. The van der Waals surface area contributed by atoms with Crippen molar-refractivity contribution in [3.05, 3.63) is 65.7 Å². The summed E-state index contributed by atoms with van der Waals surface area (Å²) in [6, 6.07) is 17.9. The molecule has 2 nitrogen and oxygen atoms in total. The molecule has 1 heterocycles. The third kappa shape index (κ3) is 1.72. The van der Waals surface area contributed by atoms with E-state index in [0.29, 0.717) is 6.61 Å². The Balaban J connectivity index is 1.88. The Labute approximate surface area is 140 Å². The molecular formula is C18H16Cl2O2. The Kier molecular flexibility index (Phi) is 3.19. The van der Waals surface area contributed by atoms with Crippen LogP contribution in [0, 0.1) is 5.92 Å². The first kappa shape index (κ1) is 14.4. The second kappa shape index (κ2) is 4.89. The topological polar surface area (TPSA) is 18.5 Å². The Morgan fingerprint density at radius 2 is 1.73 bits per heavy atom. The summed E-state index contributed by atoms with van der Waals surface area (Å²) in [6.07, 6.45) is -0.211. The predicted octanol–water partition coefficient (Wildman–Crippen LogP) is 4.86. The van der Waals surface area contributed by atoms with Crippen molar-refractivity contribution < 1.29 is 9.47 Å². The molecule has 0 radical (unpaired) electrons. The molecule has 0 amide bonds. The van der Waals surface area contributed by atoms with Crippen molar-refractivity contribution in [2.45, 2.75) is 23.0 Å². The fourth-order valence-corrected chi connectivity index (χ4v) is 4.61. The van der Waals surface area contributed by atoms with Crippen molar-refractivity contribution in [1.29, 1.82) is 0 Å². The highest BCUT2D eigenvalue weighted by molar-refractivity contribution is 6.52. The van der Waals surface area contributed by atoms with Crippen molar-refractivity contribution in [3.63, 3.8) is 0 Å². The van der Waals surface area contributed by atoms with Gasteiger partial charge in [-0.05, 0) is 18.6 Å². The van der Waals surface area contributed by atoms with Gasteiger partial charge in [-0.2, -0.15) is 0 Å². The zero-order valence-electron chi connectivity index (χ0n) is 12.1. The maximum absolute atomic E-state index is 6.68. The summed E-state index contributed by atoms with van der Waals surface area (Å²) in [4.78, 5) is 0. The van der Waals surface area contributed by atoms with Crippen molar-refractivity contribution in [2.75, 3.05) is 6.61 Å². The molecule has 3 atom stereocenters. The second-order valence-corrected chi connectivity index (χ2v) is 7.10. The first-order valence-electron chi connectivity index (χ1n) is 7.46. The third-order valence-electron chi connectivity index (χ3n) is 4.58. The van der Waals surface area contributed by atoms with Crippen LogP contribution in [0.2, 0.25) is 0 Å². The van der Waals surface area contributed by atoms with Crippen LogP contribution in [0.3, 0.4) is 0 Å². The number of fused-ring (bicyclic) bond motifs is 3. The van der Waals surface area contributed by atoms with E-state index < -0.39 is 9.93 Å². The molecule has 2 aliphatic rings. The van der Waals surface area contributed by atoms with Gasteiger partial charge in [0.2, 0.25) is 0 Å². The van der Waals surface area contributed by atoms with Crippen LogP contribution in [0.15, 0.2) is 54.6 Å². The summed E-state index contributed by atoms with van der Waals surface area (Å²) in [5.74, 6) is 0.671. The Morgan fingerprint density at radius 1 is 1.05 bits per heavy atom. The molecule has 0 bridgehead atoms. The van der Waals surface area contributed by atoms with Gasteiger partial charge in [-0.25, -0.2) is 0 Å². The number of halogens is 2. The van der Waals surface area contributed by atoms with E-state index >= 15 is 0 Å². The summed E-state index contributed by atoms with van der Waals surface area (Å²) < 4.78 is 11.3. The van der Waals surface area contributed by atoms with Gasteiger partial charge in [0.25, 0.3) is 0 Å². The van der Waals surface area contributed by atoms with Gasteiger partial charge in [0.15, 0.2) is 4.33 Å². The molecule has 1 saturated carbocycles. The van der Waals surface area contributed by atoms with Crippen LogP contribution in [0.5, 0.6) is 5.75 Å². The van der Waals surface area contributed by atoms with Crippen LogP contribution in [0.4, 0.5) is 0 Å². The number of para-hydroxylation sites is 1. The van der Waals surface area contributed by atoms with Gasteiger partial charge >= 0.3 is 0 Å². The molecule has 2 aromatic rings. The maximum atomic E-state index is 6.68. The molecule has 0 aromatic heterocycles. The smallest absolute Gasteiger partial charge is 0.161 e. The highest BCUT2D eigenvalue weighted by atomic mass is 35.5.